The summed E-state index contributed by atoms with van der Waals surface area (Å²) in [7, 11) is 1.81. The first-order chi connectivity index (χ1) is 10.6. The van der Waals surface area contributed by atoms with Crippen molar-refractivity contribution < 1.29 is 0 Å². The van der Waals surface area contributed by atoms with Crippen molar-refractivity contribution in [2.24, 2.45) is 10.9 Å². The largest absolute Gasteiger partial charge is 0.357 e. The highest BCUT2D eigenvalue weighted by Gasteiger charge is 2.14. The molecule has 0 amide bonds. The molecule has 1 aromatic rings. The maximum Gasteiger partial charge on any atom is 0.191 e. The lowest BCUT2D eigenvalue weighted by Gasteiger charge is -2.21. The molecule has 1 aromatic heterocycles. The van der Waals surface area contributed by atoms with Gasteiger partial charge in [0.05, 0.1) is 0 Å². The molecular formula is C17H30IN5. The number of guanidine groups is 1. The fourth-order valence-corrected chi connectivity index (χ4v) is 2.45. The summed E-state index contributed by atoms with van der Waals surface area (Å²) in [4.78, 5) is 11.1. The number of halogens is 1. The number of aliphatic imine (C=N–C) groups is 1. The first kappa shape index (κ1) is 20.0. The molecular weight excluding hydrogens is 401 g/mol. The van der Waals surface area contributed by atoms with Crippen LogP contribution in [0.5, 0.6) is 0 Å². The fourth-order valence-electron chi connectivity index (χ4n) is 2.45. The maximum absolute atomic E-state index is 4.49. The molecule has 0 saturated carbocycles. The molecule has 5 nitrogen and oxygen atoms in total. The Morgan fingerprint density at radius 3 is 2.61 bits per heavy atom. The third-order valence-electron chi connectivity index (χ3n) is 4.29. The van der Waals surface area contributed by atoms with E-state index in [0.717, 1.165) is 31.4 Å². The zero-order valence-electron chi connectivity index (χ0n) is 14.7. The average Bonchev–Trinajstić information content (AvgIpc) is 3.05. The monoisotopic (exact) mass is 431 g/mol. The van der Waals surface area contributed by atoms with Crippen LogP contribution < -0.4 is 15.5 Å². The minimum atomic E-state index is 0. The lowest BCUT2D eigenvalue weighted by atomic mass is 10.1. The van der Waals surface area contributed by atoms with Crippen molar-refractivity contribution in [1.29, 1.82) is 0 Å². The molecule has 2 heterocycles. The first-order valence-electron chi connectivity index (χ1n) is 8.27. The summed E-state index contributed by atoms with van der Waals surface area (Å²) in [5.41, 5.74) is 1.23. The summed E-state index contributed by atoms with van der Waals surface area (Å²) >= 11 is 0. The summed E-state index contributed by atoms with van der Waals surface area (Å²) in [6, 6.07) is 4.63. The third-order valence-corrected chi connectivity index (χ3v) is 4.29. The number of aromatic nitrogens is 1. The zero-order valence-corrected chi connectivity index (χ0v) is 17.0. The van der Waals surface area contributed by atoms with Crippen LogP contribution in [0.1, 0.15) is 39.2 Å². The molecule has 1 aliphatic rings. The van der Waals surface area contributed by atoms with E-state index in [2.05, 4.69) is 58.4 Å². The van der Waals surface area contributed by atoms with E-state index in [9.17, 15) is 0 Å². The van der Waals surface area contributed by atoms with Gasteiger partial charge in [-0.15, -0.1) is 24.0 Å². The Labute approximate surface area is 157 Å². The van der Waals surface area contributed by atoms with Gasteiger partial charge in [-0.05, 0) is 43.4 Å². The third kappa shape index (κ3) is 6.16. The van der Waals surface area contributed by atoms with Gasteiger partial charge in [0, 0.05) is 38.9 Å². The molecule has 0 aromatic carbocycles. The van der Waals surface area contributed by atoms with Crippen LogP contribution in [-0.2, 0) is 6.54 Å². The number of hydrogen-bond donors (Lipinski definition) is 2. The number of anilines is 1. The van der Waals surface area contributed by atoms with Crippen molar-refractivity contribution in [2.45, 2.75) is 46.2 Å². The van der Waals surface area contributed by atoms with Gasteiger partial charge in [0.2, 0.25) is 0 Å². The van der Waals surface area contributed by atoms with Gasteiger partial charge in [-0.1, -0.05) is 13.8 Å². The summed E-state index contributed by atoms with van der Waals surface area (Å²) in [5.74, 6) is 2.51. The number of nitrogens with zero attached hydrogens (tertiary/aromatic N) is 3. The number of hydrogen-bond acceptors (Lipinski definition) is 3. The van der Waals surface area contributed by atoms with Crippen LogP contribution in [0, 0.1) is 5.92 Å². The van der Waals surface area contributed by atoms with Crippen LogP contribution >= 0.6 is 24.0 Å². The van der Waals surface area contributed by atoms with E-state index in [1.54, 1.807) is 0 Å². The Balaban J connectivity index is 0.00000264. The van der Waals surface area contributed by atoms with Gasteiger partial charge in [-0.25, -0.2) is 4.98 Å². The lowest BCUT2D eigenvalue weighted by molar-refractivity contribution is 0.481. The van der Waals surface area contributed by atoms with Gasteiger partial charge < -0.3 is 15.5 Å². The molecule has 2 N–H and O–H groups in total. The normalized spacial score (nSPS) is 16.2. The van der Waals surface area contributed by atoms with Crippen LogP contribution in [0.2, 0.25) is 0 Å². The van der Waals surface area contributed by atoms with Crippen molar-refractivity contribution in [3.05, 3.63) is 23.9 Å². The second kappa shape index (κ2) is 9.95. The standard InChI is InChI=1S/C17H29N5.HI/c1-13(2)14(3)21-17(18-4)20-12-15-7-8-19-16(11-15)22-9-5-6-10-22;/h7-8,11,13-14H,5-6,9-10,12H2,1-4H3,(H2,18,20,21);1H. The average molecular weight is 431 g/mol. The van der Waals surface area contributed by atoms with Gasteiger partial charge >= 0.3 is 0 Å². The highest BCUT2D eigenvalue weighted by Crippen LogP contribution is 2.18. The van der Waals surface area contributed by atoms with Crippen molar-refractivity contribution in [3.8, 4) is 0 Å². The molecule has 1 aliphatic heterocycles. The molecule has 130 valence electrons. The Hall–Kier alpha value is -1.05. The van der Waals surface area contributed by atoms with Gasteiger partial charge in [-0.3, -0.25) is 4.99 Å². The van der Waals surface area contributed by atoms with E-state index in [1.165, 1.54) is 18.4 Å². The Bertz CT molecular complexity index is 498. The number of pyridine rings is 1. The molecule has 0 bridgehead atoms. The summed E-state index contributed by atoms with van der Waals surface area (Å²) in [5, 5.41) is 6.80. The number of nitrogens with one attached hydrogen (secondary N) is 2. The molecule has 1 fully saturated rings. The van der Waals surface area contributed by atoms with Crippen molar-refractivity contribution in [3.63, 3.8) is 0 Å². The van der Waals surface area contributed by atoms with Gasteiger partial charge in [0.1, 0.15) is 5.82 Å². The molecule has 1 atom stereocenters. The molecule has 2 rings (SSSR count). The second-order valence-corrected chi connectivity index (χ2v) is 6.32. The van der Waals surface area contributed by atoms with E-state index in [0.29, 0.717) is 12.0 Å². The number of rotatable bonds is 5. The Morgan fingerprint density at radius 1 is 1.30 bits per heavy atom. The minimum Gasteiger partial charge on any atom is -0.357 e. The highest BCUT2D eigenvalue weighted by molar-refractivity contribution is 14.0. The van der Waals surface area contributed by atoms with Gasteiger partial charge in [0.15, 0.2) is 5.96 Å². The van der Waals surface area contributed by atoms with Crippen molar-refractivity contribution >= 4 is 35.8 Å². The smallest absolute Gasteiger partial charge is 0.191 e. The highest BCUT2D eigenvalue weighted by atomic mass is 127. The lowest BCUT2D eigenvalue weighted by Crippen LogP contribution is -2.43. The van der Waals surface area contributed by atoms with Crippen LogP contribution in [-0.4, -0.2) is 37.1 Å². The van der Waals surface area contributed by atoms with E-state index in [1.807, 2.05) is 13.2 Å². The Kier molecular flexibility index (Phi) is 8.65. The maximum atomic E-state index is 4.49. The molecule has 0 radical (unpaired) electrons. The summed E-state index contributed by atoms with van der Waals surface area (Å²) in [6.07, 6.45) is 4.44. The van der Waals surface area contributed by atoms with Crippen LogP contribution in [0.4, 0.5) is 5.82 Å². The van der Waals surface area contributed by atoms with Crippen LogP contribution in [0.15, 0.2) is 23.3 Å². The van der Waals surface area contributed by atoms with Crippen LogP contribution in [0.3, 0.4) is 0 Å². The first-order valence-corrected chi connectivity index (χ1v) is 8.27. The second-order valence-electron chi connectivity index (χ2n) is 6.32. The topological polar surface area (TPSA) is 52.6 Å². The SMILES string of the molecule is CN=C(NCc1ccnc(N2CCCC2)c1)NC(C)C(C)C.I. The zero-order chi connectivity index (χ0) is 15.9. The summed E-state index contributed by atoms with van der Waals surface area (Å²) < 4.78 is 0. The van der Waals surface area contributed by atoms with E-state index < -0.39 is 0 Å². The van der Waals surface area contributed by atoms with E-state index in [-0.39, 0.29) is 24.0 Å². The van der Waals surface area contributed by atoms with E-state index >= 15 is 0 Å². The van der Waals surface area contributed by atoms with Gasteiger partial charge in [0.25, 0.3) is 0 Å². The summed E-state index contributed by atoms with van der Waals surface area (Å²) in [6.45, 7) is 9.59. The predicted molar refractivity (Wildman–Crippen MR) is 109 cm³/mol. The molecule has 6 heteroatoms. The Morgan fingerprint density at radius 2 is 2.00 bits per heavy atom. The molecule has 1 unspecified atom stereocenters. The van der Waals surface area contributed by atoms with Crippen LogP contribution in [0.25, 0.3) is 0 Å². The van der Waals surface area contributed by atoms with Crippen molar-refractivity contribution in [2.75, 3.05) is 25.0 Å². The minimum absolute atomic E-state index is 0. The predicted octanol–water partition coefficient (Wildman–Crippen LogP) is 3.01. The fraction of sp³-hybridized carbons (Fsp3) is 0.647. The molecule has 0 spiro atoms. The quantitative estimate of drug-likeness (QED) is 0.428. The molecule has 0 aliphatic carbocycles. The van der Waals surface area contributed by atoms with E-state index in [4.69, 9.17) is 0 Å². The molecule has 23 heavy (non-hydrogen) atoms. The molecule has 1 saturated heterocycles. The van der Waals surface area contributed by atoms with Gasteiger partial charge in [-0.2, -0.15) is 0 Å². The van der Waals surface area contributed by atoms with Crippen molar-refractivity contribution in [1.82, 2.24) is 15.6 Å².